The Bertz CT molecular complexity index is 721. The highest BCUT2D eigenvalue weighted by atomic mass is 79.9. The normalized spacial score (nSPS) is 22.0. The van der Waals surface area contributed by atoms with E-state index < -0.39 is 22.7 Å². The second-order valence-corrected chi connectivity index (χ2v) is 7.75. The fourth-order valence-electron chi connectivity index (χ4n) is 2.95. The average molecular weight is 399 g/mol. The number of piperidine rings is 1. The molecule has 0 spiro atoms. The molecule has 2 aliphatic heterocycles. The number of nitrogens with zero attached hydrogens (tertiary/aromatic N) is 1. The van der Waals surface area contributed by atoms with E-state index in [0.29, 0.717) is 28.0 Å². The van der Waals surface area contributed by atoms with Gasteiger partial charge in [-0.2, -0.15) is 0 Å². The van der Waals surface area contributed by atoms with Crippen molar-refractivity contribution in [1.82, 2.24) is 10.2 Å². The van der Waals surface area contributed by atoms with Crippen molar-refractivity contribution in [3.63, 3.8) is 0 Å². The summed E-state index contributed by atoms with van der Waals surface area (Å²) < 4.78 is 12.3. The van der Waals surface area contributed by atoms with Crippen LogP contribution in [0.4, 0.5) is 0 Å². The first-order valence-electron chi connectivity index (χ1n) is 7.24. The summed E-state index contributed by atoms with van der Waals surface area (Å²) in [6.45, 7) is 0.255. The van der Waals surface area contributed by atoms with Gasteiger partial charge >= 0.3 is 0 Å². The molecule has 0 aliphatic carbocycles. The molecule has 1 fully saturated rings. The molecule has 1 N–H and O–H groups in total. The summed E-state index contributed by atoms with van der Waals surface area (Å²) in [7, 11) is -1.19. The molecule has 1 saturated heterocycles. The van der Waals surface area contributed by atoms with Crippen LogP contribution in [0.1, 0.15) is 28.8 Å². The van der Waals surface area contributed by atoms with Crippen molar-refractivity contribution < 1.29 is 18.6 Å². The van der Waals surface area contributed by atoms with E-state index in [2.05, 4.69) is 21.2 Å². The second-order valence-electron chi connectivity index (χ2n) is 5.42. The number of rotatable bonds is 4. The molecule has 3 amide bonds. The molecular formula is C15H15BrN2O4S. The number of hydrogen-bond donors (Lipinski definition) is 1. The van der Waals surface area contributed by atoms with Gasteiger partial charge in [-0.25, -0.2) is 0 Å². The Morgan fingerprint density at radius 3 is 2.78 bits per heavy atom. The summed E-state index contributed by atoms with van der Waals surface area (Å²) in [5.74, 6) is -0.532. The van der Waals surface area contributed by atoms with E-state index in [4.69, 9.17) is 0 Å². The lowest BCUT2D eigenvalue weighted by Gasteiger charge is -2.29. The Morgan fingerprint density at radius 2 is 2.09 bits per heavy atom. The summed E-state index contributed by atoms with van der Waals surface area (Å²) in [5.41, 5.74) is 1.22. The molecule has 8 heteroatoms. The third-order valence-electron chi connectivity index (χ3n) is 4.05. The number of carbonyl (C=O) groups excluding carboxylic acids is 3. The van der Waals surface area contributed by atoms with Gasteiger partial charge in [-0.3, -0.25) is 23.9 Å². The Hall–Kier alpha value is -1.54. The number of imide groups is 1. The predicted molar refractivity (Wildman–Crippen MR) is 87.6 cm³/mol. The van der Waals surface area contributed by atoms with Crippen molar-refractivity contribution in [3.05, 3.63) is 29.3 Å². The van der Waals surface area contributed by atoms with Crippen molar-refractivity contribution >= 4 is 44.5 Å². The second kappa shape index (κ2) is 6.52. The third-order valence-corrected chi connectivity index (χ3v) is 6.42. The Balaban J connectivity index is 1.90. The smallest absolute Gasteiger partial charge is 0.255 e. The average Bonchev–Trinajstić information content (AvgIpc) is 2.85. The van der Waals surface area contributed by atoms with E-state index in [1.165, 1.54) is 4.90 Å². The number of hydrogen-bond acceptors (Lipinski definition) is 4. The van der Waals surface area contributed by atoms with Crippen molar-refractivity contribution in [2.75, 3.05) is 11.1 Å². The maximum Gasteiger partial charge on any atom is 0.255 e. The molecule has 0 aromatic heterocycles. The summed E-state index contributed by atoms with van der Waals surface area (Å²) >= 11 is 3.27. The van der Waals surface area contributed by atoms with Crippen LogP contribution in [0.25, 0.3) is 0 Å². The molecule has 2 aliphatic rings. The maximum absolute atomic E-state index is 12.6. The van der Waals surface area contributed by atoms with Crippen molar-refractivity contribution in [2.24, 2.45) is 0 Å². The highest BCUT2D eigenvalue weighted by Gasteiger charge is 2.40. The molecular weight excluding hydrogens is 384 g/mol. The monoisotopic (exact) mass is 398 g/mol. The lowest BCUT2D eigenvalue weighted by molar-refractivity contribution is -0.136. The van der Waals surface area contributed by atoms with Crippen molar-refractivity contribution in [1.29, 1.82) is 0 Å². The van der Waals surface area contributed by atoms with Gasteiger partial charge in [0.15, 0.2) is 0 Å². The number of alkyl halides is 1. The first-order chi connectivity index (χ1) is 11.0. The zero-order valence-corrected chi connectivity index (χ0v) is 14.6. The maximum atomic E-state index is 12.6. The zero-order chi connectivity index (χ0) is 16.6. The highest BCUT2D eigenvalue weighted by Crippen LogP contribution is 2.31. The van der Waals surface area contributed by atoms with Gasteiger partial charge in [-0.05, 0) is 18.6 Å². The minimum atomic E-state index is -1.19. The van der Waals surface area contributed by atoms with Crippen molar-refractivity contribution in [2.45, 2.75) is 30.3 Å². The Morgan fingerprint density at radius 1 is 1.30 bits per heavy atom. The van der Waals surface area contributed by atoms with Gasteiger partial charge in [0, 0.05) is 40.1 Å². The first-order valence-corrected chi connectivity index (χ1v) is 9.68. The van der Waals surface area contributed by atoms with E-state index in [1.54, 1.807) is 18.2 Å². The fraction of sp³-hybridized carbons (Fsp3) is 0.400. The summed E-state index contributed by atoms with van der Waals surface area (Å²) in [6, 6.07) is 4.52. The highest BCUT2D eigenvalue weighted by molar-refractivity contribution is 9.09. The summed E-state index contributed by atoms with van der Waals surface area (Å²) in [6.07, 6.45) is 0.545. The molecule has 2 unspecified atom stereocenters. The van der Waals surface area contributed by atoms with Gasteiger partial charge in [-0.15, -0.1) is 0 Å². The van der Waals surface area contributed by atoms with Crippen LogP contribution in [0, 0.1) is 0 Å². The topological polar surface area (TPSA) is 83.6 Å². The molecule has 2 heterocycles. The van der Waals surface area contributed by atoms with Crippen LogP contribution < -0.4 is 5.32 Å². The Kier molecular flexibility index (Phi) is 4.63. The molecule has 0 radical (unpaired) electrons. The quantitative estimate of drug-likeness (QED) is 0.604. The fourth-order valence-corrected chi connectivity index (χ4v) is 4.87. The lowest BCUT2D eigenvalue weighted by Crippen LogP contribution is -2.52. The van der Waals surface area contributed by atoms with Crippen LogP contribution in [-0.4, -0.2) is 44.0 Å². The third kappa shape index (κ3) is 2.97. The number of carbonyl (C=O) groups is 3. The molecule has 0 bridgehead atoms. The molecule has 3 rings (SSSR count). The molecule has 6 nitrogen and oxygen atoms in total. The van der Waals surface area contributed by atoms with Gasteiger partial charge in [0.1, 0.15) is 6.04 Å². The van der Waals surface area contributed by atoms with E-state index in [0.717, 1.165) is 5.56 Å². The summed E-state index contributed by atoms with van der Waals surface area (Å²) in [5, 5.41) is 2.88. The number of fused-ring (bicyclic) bond motifs is 1. The van der Waals surface area contributed by atoms with Gasteiger partial charge < -0.3 is 4.90 Å². The minimum Gasteiger partial charge on any atom is -0.322 e. The molecule has 2 atom stereocenters. The van der Waals surface area contributed by atoms with Crippen LogP contribution in [0.15, 0.2) is 23.1 Å². The molecule has 0 saturated carbocycles. The minimum absolute atomic E-state index is 0.221. The van der Waals surface area contributed by atoms with E-state index >= 15 is 0 Å². The lowest BCUT2D eigenvalue weighted by atomic mass is 10.0. The standard InChI is InChI=1S/C15H15BrN2O4S/c16-6-7-23(22)12-3-1-2-9-10(12)8-18(15(9)21)11-4-5-13(19)17-14(11)20/h1-3,11H,4-8H2,(H,17,19,20). The number of benzene rings is 1. The van der Waals surface area contributed by atoms with E-state index in [9.17, 15) is 18.6 Å². The van der Waals surface area contributed by atoms with Crippen LogP contribution in [0.2, 0.25) is 0 Å². The van der Waals surface area contributed by atoms with Gasteiger partial charge in [0.05, 0.1) is 10.8 Å². The SMILES string of the molecule is O=C1CCC(N2Cc3c(cccc3S(=O)CCBr)C2=O)C(=O)N1. The van der Waals surface area contributed by atoms with Crippen LogP contribution in [0.5, 0.6) is 0 Å². The summed E-state index contributed by atoms with van der Waals surface area (Å²) in [4.78, 5) is 38.0. The number of amides is 3. The van der Waals surface area contributed by atoms with Crippen LogP contribution in [0.3, 0.4) is 0 Å². The van der Waals surface area contributed by atoms with Crippen LogP contribution in [-0.2, 0) is 26.9 Å². The number of halogens is 1. The molecule has 122 valence electrons. The Labute approximate surface area is 144 Å². The largest absolute Gasteiger partial charge is 0.322 e. The first kappa shape index (κ1) is 16.3. The molecule has 23 heavy (non-hydrogen) atoms. The zero-order valence-electron chi connectivity index (χ0n) is 12.2. The van der Waals surface area contributed by atoms with E-state index in [1.807, 2.05) is 0 Å². The van der Waals surface area contributed by atoms with Gasteiger partial charge in [-0.1, -0.05) is 22.0 Å². The van der Waals surface area contributed by atoms with Gasteiger partial charge in [0.25, 0.3) is 5.91 Å². The van der Waals surface area contributed by atoms with Gasteiger partial charge in [0.2, 0.25) is 11.8 Å². The molecule has 1 aromatic rings. The molecule has 1 aromatic carbocycles. The predicted octanol–water partition coefficient (Wildman–Crippen LogP) is 0.950. The van der Waals surface area contributed by atoms with Crippen LogP contribution >= 0.6 is 15.9 Å². The van der Waals surface area contributed by atoms with E-state index in [-0.39, 0.29) is 24.8 Å². The number of nitrogens with one attached hydrogen (secondary N) is 1. The van der Waals surface area contributed by atoms with Crippen molar-refractivity contribution in [3.8, 4) is 0 Å².